The lowest BCUT2D eigenvalue weighted by atomic mass is 9.75. The maximum atomic E-state index is 13.0. The van der Waals surface area contributed by atoms with E-state index in [2.05, 4.69) is 0 Å². The lowest BCUT2D eigenvalue weighted by Gasteiger charge is -2.41. The fraction of sp³-hybridized carbons (Fsp3) is 0.579. The first-order valence-electron chi connectivity index (χ1n) is 8.69. The zero-order valence-electron chi connectivity index (χ0n) is 14.5. The summed E-state index contributed by atoms with van der Waals surface area (Å²) in [6.07, 6.45) is 4.79. The Hall–Kier alpha value is -2.04. The molecule has 3 rings (SSSR count). The highest BCUT2D eigenvalue weighted by Gasteiger charge is 2.45. The van der Waals surface area contributed by atoms with Crippen LogP contribution in [0.2, 0.25) is 0 Å². The van der Waals surface area contributed by atoms with E-state index in [9.17, 15) is 9.59 Å². The molecular formula is C19H26N2O3. The Labute approximate surface area is 143 Å². The molecular weight excluding hydrogens is 304 g/mol. The number of carbonyl (C=O) groups is 2. The van der Waals surface area contributed by atoms with Crippen molar-refractivity contribution < 1.29 is 14.3 Å². The summed E-state index contributed by atoms with van der Waals surface area (Å²) in [6.45, 7) is 3.01. The summed E-state index contributed by atoms with van der Waals surface area (Å²) in [4.78, 5) is 27.0. The van der Waals surface area contributed by atoms with Gasteiger partial charge in [-0.15, -0.1) is 0 Å². The third-order valence-electron chi connectivity index (χ3n) is 5.50. The van der Waals surface area contributed by atoms with Crippen molar-refractivity contribution in [3.8, 4) is 5.75 Å². The zero-order chi connectivity index (χ0) is 17.3. The first-order chi connectivity index (χ1) is 11.5. The lowest BCUT2D eigenvalue weighted by Crippen LogP contribution is -2.52. The third-order valence-corrected chi connectivity index (χ3v) is 5.50. The average molecular weight is 330 g/mol. The van der Waals surface area contributed by atoms with Gasteiger partial charge in [0.25, 0.3) is 5.91 Å². The minimum Gasteiger partial charge on any atom is -0.496 e. The molecule has 2 fully saturated rings. The number of methoxy groups -OCH3 is 1. The Morgan fingerprint density at radius 3 is 2.75 bits per heavy atom. The molecule has 130 valence electrons. The van der Waals surface area contributed by atoms with Crippen LogP contribution >= 0.6 is 0 Å². The molecule has 1 unspecified atom stereocenters. The average Bonchev–Trinajstić information content (AvgIpc) is 3.38. The van der Waals surface area contributed by atoms with E-state index in [4.69, 9.17) is 10.5 Å². The van der Waals surface area contributed by atoms with Crippen molar-refractivity contribution in [1.29, 1.82) is 0 Å². The molecule has 2 amide bonds. The van der Waals surface area contributed by atoms with E-state index >= 15 is 0 Å². The summed E-state index contributed by atoms with van der Waals surface area (Å²) >= 11 is 0. The third kappa shape index (κ3) is 3.12. The van der Waals surface area contributed by atoms with Gasteiger partial charge in [-0.05, 0) is 44.2 Å². The first-order valence-corrected chi connectivity index (χ1v) is 8.69. The number of rotatable bonds is 5. The molecule has 1 aliphatic heterocycles. The van der Waals surface area contributed by atoms with Crippen LogP contribution in [0.4, 0.5) is 0 Å². The summed E-state index contributed by atoms with van der Waals surface area (Å²) in [5, 5.41) is 0. The highest BCUT2D eigenvalue weighted by atomic mass is 16.5. The predicted octanol–water partition coefficient (Wildman–Crippen LogP) is 2.51. The number of carbonyl (C=O) groups excluding carboxylic acids is 2. The molecule has 0 aromatic heterocycles. The van der Waals surface area contributed by atoms with Crippen molar-refractivity contribution in [3.05, 3.63) is 29.3 Å². The van der Waals surface area contributed by atoms with E-state index in [-0.39, 0.29) is 11.8 Å². The van der Waals surface area contributed by atoms with Crippen molar-refractivity contribution >= 4 is 11.8 Å². The number of likely N-dealkylation sites (tertiary alicyclic amines) is 1. The fourth-order valence-electron chi connectivity index (χ4n) is 3.89. The van der Waals surface area contributed by atoms with Gasteiger partial charge in [-0.3, -0.25) is 9.59 Å². The van der Waals surface area contributed by atoms with Gasteiger partial charge in [0.1, 0.15) is 5.75 Å². The second-order valence-electron chi connectivity index (χ2n) is 7.26. The first kappa shape index (κ1) is 16.8. The number of primary amides is 1. The van der Waals surface area contributed by atoms with E-state index in [1.807, 2.05) is 25.1 Å². The highest BCUT2D eigenvalue weighted by molar-refractivity contribution is 5.97. The molecule has 2 aliphatic rings. The summed E-state index contributed by atoms with van der Waals surface area (Å²) in [7, 11) is 1.60. The van der Waals surface area contributed by atoms with Gasteiger partial charge in [0.15, 0.2) is 0 Å². The molecule has 1 aromatic carbocycles. The Bertz CT molecular complexity index is 654. The number of hydrogen-bond acceptors (Lipinski definition) is 3. The van der Waals surface area contributed by atoms with E-state index < -0.39 is 5.41 Å². The van der Waals surface area contributed by atoms with E-state index in [1.165, 1.54) is 12.8 Å². The van der Waals surface area contributed by atoms with E-state index in [0.29, 0.717) is 30.3 Å². The molecule has 0 spiro atoms. The molecule has 1 saturated carbocycles. The van der Waals surface area contributed by atoms with Crippen molar-refractivity contribution in [1.82, 2.24) is 4.90 Å². The van der Waals surface area contributed by atoms with Gasteiger partial charge in [0, 0.05) is 24.2 Å². The van der Waals surface area contributed by atoms with Crippen LogP contribution in [-0.4, -0.2) is 36.9 Å². The molecule has 24 heavy (non-hydrogen) atoms. The molecule has 1 aliphatic carbocycles. The summed E-state index contributed by atoms with van der Waals surface area (Å²) < 4.78 is 5.32. The quantitative estimate of drug-likeness (QED) is 0.901. The van der Waals surface area contributed by atoms with Crippen molar-refractivity contribution in [2.45, 2.75) is 39.0 Å². The van der Waals surface area contributed by atoms with Crippen molar-refractivity contribution in [3.63, 3.8) is 0 Å². The monoisotopic (exact) mass is 330 g/mol. The Morgan fingerprint density at radius 1 is 1.38 bits per heavy atom. The zero-order valence-corrected chi connectivity index (χ0v) is 14.5. The SMILES string of the molecule is COc1cccc(C(=O)N2CCCC(CC3CC3)(C(N)=O)C2)c1C. The van der Waals surface area contributed by atoms with Crippen LogP contribution in [0.25, 0.3) is 0 Å². The van der Waals surface area contributed by atoms with Gasteiger partial charge in [-0.1, -0.05) is 18.9 Å². The van der Waals surface area contributed by atoms with E-state index in [0.717, 1.165) is 24.8 Å². The van der Waals surface area contributed by atoms with Crippen LogP contribution in [0.3, 0.4) is 0 Å². The Morgan fingerprint density at radius 2 is 2.12 bits per heavy atom. The normalized spacial score (nSPS) is 23.8. The molecule has 1 heterocycles. The van der Waals surface area contributed by atoms with Crippen LogP contribution in [0.5, 0.6) is 5.75 Å². The van der Waals surface area contributed by atoms with Gasteiger partial charge in [-0.25, -0.2) is 0 Å². The summed E-state index contributed by atoms with van der Waals surface area (Å²) in [5.74, 6) is 1.02. The van der Waals surface area contributed by atoms with Gasteiger partial charge in [-0.2, -0.15) is 0 Å². The minimum atomic E-state index is -0.554. The number of nitrogens with zero attached hydrogens (tertiary/aromatic N) is 1. The Balaban J connectivity index is 1.83. The standard InChI is InChI=1S/C19H26N2O3/c1-13-15(5-3-6-16(13)24-2)17(22)21-10-4-9-19(12-21,18(20)23)11-14-7-8-14/h3,5-6,14H,4,7-12H2,1-2H3,(H2,20,23). The van der Waals surface area contributed by atoms with Crippen LogP contribution in [0.1, 0.15) is 48.0 Å². The van der Waals surface area contributed by atoms with Gasteiger partial charge in [0.05, 0.1) is 12.5 Å². The number of hydrogen-bond donors (Lipinski definition) is 1. The second-order valence-corrected chi connectivity index (χ2v) is 7.26. The Kier molecular flexibility index (Phi) is 4.52. The number of ether oxygens (including phenoxy) is 1. The van der Waals surface area contributed by atoms with Gasteiger partial charge >= 0.3 is 0 Å². The predicted molar refractivity (Wildman–Crippen MR) is 91.8 cm³/mol. The number of nitrogens with two attached hydrogens (primary N) is 1. The molecule has 0 radical (unpaired) electrons. The molecule has 1 atom stereocenters. The van der Waals surface area contributed by atoms with Crippen LogP contribution in [0.15, 0.2) is 18.2 Å². The molecule has 2 N–H and O–H groups in total. The van der Waals surface area contributed by atoms with E-state index in [1.54, 1.807) is 12.0 Å². The number of amides is 2. The molecule has 5 heteroatoms. The van der Waals surface area contributed by atoms with Crippen LogP contribution < -0.4 is 10.5 Å². The van der Waals surface area contributed by atoms with Crippen molar-refractivity contribution in [2.75, 3.05) is 20.2 Å². The smallest absolute Gasteiger partial charge is 0.254 e. The molecule has 5 nitrogen and oxygen atoms in total. The fourth-order valence-corrected chi connectivity index (χ4v) is 3.89. The lowest BCUT2D eigenvalue weighted by molar-refractivity contribution is -0.131. The molecule has 0 bridgehead atoms. The summed E-state index contributed by atoms with van der Waals surface area (Å²) in [5.41, 5.74) is 6.68. The van der Waals surface area contributed by atoms with Gasteiger partial charge in [0.2, 0.25) is 5.91 Å². The largest absolute Gasteiger partial charge is 0.496 e. The summed E-state index contributed by atoms with van der Waals surface area (Å²) in [6, 6.07) is 5.50. The van der Waals surface area contributed by atoms with Crippen molar-refractivity contribution in [2.24, 2.45) is 17.1 Å². The number of benzene rings is 1. The molecule has 1 aromatic rings. The van der Waals surface area contributed by atoms with Gasteiger partial charge < -0.3 is 15.4 Å². The van der Waals surface area contributed by atoms with Crippen LogP contribution in [0, 0.1) is 18.3 Å². The topological polar surface area (TPSA) is 72.6 Å². The number of piperidine rings is 1. The maximum absolute atomic E-state index is 13.0. The van der Waals surface area contributed by atoms with Crippen LogP contribution in [-0.2, 0) is 4.79 Å². The minimum absolute atomic E-state index is 0.0347. The second kappa shape index (κ2) is 6.46. The molecule has 1 saturated heterocycles. The maximum Gasteiger partial charge on any atom is 0.254 e. The highest BCUT2D eigenvalue weighted by Crippen LogP contribution is 2.44.